The number of carbonyl (C=O) groups excluding carboxylic acids is 6. The lowest BCUT2D eigenvalue weighted by Crippen LogP contribution is -2.59. The second-order valence-electron chi connectivity index (χ2n) is 13.4. The number of primary amides is 1. The number of hydrogen-bond acceptors (Lipinski definition) is 8. The van der Waals surface area contributed by atoms with Crippen molar-refractivity contribution in [2.75, 3.05) is 17.2 Å². The molecule has 0 radical (unpaired) electrons. The third-order valence-electron chi connectivity index (χ3n) is 9.15. The molecule has 53 heavy (non-hydrogen) atoms. The highest BCUT2D eigenvalue weighted by Gasteiger charge is 2.42. The van der Waals surface area contributed by atoms with Gasteiger partial charge in [-0.3, -0.25) is 28.8 Å². The van der Waals surface area contributed by atoms with Crippen molar-refractivity contribution in [3.05, 3.63) is 59.7 Å². The molecule has 16 nitrogen and oxygen atoms in total. The van der Waals surface area contributed by atoms with Gasteiger partial charge in [0.15, 0.2) is 0 Å². The SMILES string of the molecule is CCCC[C@H](NC(=O)Cc1ccc(NC(=O)Nc2ccccc2C)cc1)C(=O)N[C@@H](CC(=O)O)C(=O)N[C@H](C(=O)N1CC(O)C[C@H]1C(N)=O)C(C)CC. The number of aliphatic hydroxyl groups is 1. The minimum atomic E-state index is -1.61. The van der Waals surface area contributed by atoms with E-state index >= 15 is 0 Å². The van der Waals surface area contributed by atoms with Crippen LogP contribution in [0.4, 0.5) is 16.2 Å². The number of benzene rings is 2. The lowest BCUT2D eigenvalue weighted by atomic mass is 9.96. The number of anilines is 2. The van der Waals surface area contributed by atoms with Crippen molar-refractivity contribution in [3.63, 3.8) is 0 Å². The van der Waals surface area contributed by atoms with E-state index in [2.05, 4.69) is 26.6 Å². The molecule has 0 aromatic heterocycles. The lowest BCUT2D eigenvalue weighted by molar-refractivity contribution is -0.144. The maximum atomic E-state index is 13.6. The summed E-state index contributed by atoms with van der Waals surface area (Å²) in [6, 6.07) is 8.46. The number of amides is 7. The van der Waals surface area contributed by atoms with E-state index in [9.17, 15) is 43.8 Å². The average Bonchev–Trinajstić information content (AvgIpc) is 3.51. The summed E-state index contributed by atoms with van der Waals surface area (Å²) in [4.78, 5) is 91.0. The van der Waals surface area contributed by atoms with Gasteiger partial charge in [-0.15, -0.1) is 0 Å². The maximum Gasteiger partial charge on any atom is 0.323 e. The molecule has 16 heteroatoms. The summed E-state index contributed by atoms with van der Waals surface area (Å²) in [6.45, 7) is 7.05. The van der Waals surface area contributed by atoms with Crippen molar-refractivity contribution in [1.29, 1.82) is 0 Å². The quantitative estimate of drug-likeness (QED) is 0.111. The smallest absolute Gasteiger partial charge is 0.323 e. The number of hydrogen-bond donors (Lipinski definition) is 8. The van der Waals surface area contributed by atoms with Crippen LogP contribution in [0.3, 0.4) is 0 Å². The molecule has 6 atom stereocenters. The first-order chi connectivity index (χ1) is 25.1. The van der Waals surface area contributed by atoms with Gasteiger partial charge in [-0.1, -0.05) is 70.4 Å². The Morgan fingerprint density at radius 3 is 2.17 bits per heavy atom. The fourth-order valence-electron chi connectivity index (χ4n) is 5.91. The number of rotatable bonds is 18. The van der Waals surface area contributed by atoms with Crippen LogP contribution in [0.2, 0.25) is 0 Å². The number of likely N-dealkylation sites (tertiary alicyclic amines) is 1. The Hall–Kier alpha value is -5.51. The van der Waals surface area contributed by atoms with Crippen LogP contribution in [-0.4, -0.2) is 93.5 Å². The topological polar surface area (TPSA) is 249 Å². The number of aryl methyl sites for hydroxylation is 1. The molecule has 0 aliphatic carbocycles. The van der Waals surface area contributed by atoms with E-state index in [1.807, 2.05) is 32.0 Å². The van der Waals surface area contributed by atoms with E-state index in [1.165, 1.54) is 0 Å². The fourth-order valence-corrected chi connectivity index (χ4v) is 5.91. The molecule has 9 N–H and O–H groups in total. The van der Waals surface area contributed by atoms with E-state index in [0.29, 0.717) is 36.2 Å². The van der Waals surface area contributed by atoms with Crippen LogP contribution in [-0.2, 0) is 35.2 Å². The minimum Gasteiger partial charge on any atom is -0.481 e. The van der Waals surface area contributed by atoms with Crippen LogP contribution in [0, 0.1) is 12.8 Å². The van der Waals surface area contributed by atoms with Crippen LogP contribution >= 0.6 is 0 Å². The van der Waals surface area contributed by atoms with Crippen molar-refractivity contribution in [2.24, 2.45) is 11.7 Å². The molecule has 2 unspecified atom stereocenters. The fraction of sp³-hybridized carbons (Fsp3) is 0.486. The first-order valence-corrected chi connectivity index (χ1v) is 17.8. The normalized spacial score (nSPS) is 17.4. The average molecular weight is 738 g/mol. The number of nitrogens with two attached hydrogens (primary N) is 1. The van der Waals surface area contributed by atoms with Crippen molar-refractivity contribution >= 4 is 52.9 Å². The predicted molar refractivity (Wildman–Crippen MR) is 196 cm³/mol. The Bertz CT molecular complexity index is 1630. The second-order valence-corrected chi connectivity index (χ2v) is 13.4. The third kappa shape index (κ3) is 12.6. The van der Waals surface area contributed by atoms with Gasteiger partial charge in [0.1, 0.15) is 24.2 Å². The van der Waals surface area contributed by atoms with Gasteiger partial charge in [-0.05, 0) is 48.6 Å². The lowest BCUT2D eigenvalue weighted by Gasteiger charge is -2.31. The van der Waals surface area contributed by atoms with Crippen LogP contribution in [0.5, 0.6) is 0 Å². The molecule has 2 aromatic carbocycles. The van der Waals surface area contributed by atoms with Crippen molar-refractivity contribution in [3.8, 4) is 0 Å². The van der Waals surface area contributed by atoms with E-state index in [-0.39, 0.29) is 25.8 Å². The van der Waals surface area contributed by atoms with Gasteiger partial charge in [-0.2, -0.15) is 0 Å². The molecular formula is C37H51N7O9. The number of unbranched alkanes of at least 4 members (excludes halogenated alkanes) is 1. The molecule has 1 saturated heterocycles. The number of nitrogens with one attached hydrogen (secondary N) is 5. The molecule has 1 aliphatic heterocycles. The monoisotopic (exact) mass is 737 g/mol. The van der Waals surface area contributed by atoms with Gasteiger partial charge in [0.05, 0.1) is 18.9 Å². The highest BCUT2D eigenvalue weighted by Crippen LogP contribution is 2.22. The number of para-hydroxylation sites is 1. The molecular weight excluding hydrogens is 686 g/mol. The summed E-state index contributed by atoms with van der Waals surface area (Å²) in [5.74, 6) is -5.59. The number of urea groups is 1. The summed E-state index contributed by atoms with van der Waals surface area (Å²) in [6.07, 6.45) is -0.136. The number of β-amino-alcohol motifs (C(OH)–C–C–N with tert-alkyl or cyclic N) is 1. The Balaban J connectivity index is 1.67. The number of carboxylic acid groups (broad SMARTS) is 1. The van der Waals surface area contributed by atoms with E-state index in [4.69, 9.17) is 5.73 Å². The minimum absolute atomic E-state index is 0.0546. The van der Waals surface area contributed by atoms with Crippen LogP contribution in [0.15, 0.2) is 48.5 Å². The van der Waals surface area contributed by atoms with Crippen LogP contribution < -0.4 is 32.3 Å². The molecule has 1 fully saturated rings. The number of carboxylic acids is 1. The zero-order chi connectivity index (χ0) is 39.2. The number of aliphatic carboxylic acids is 1. The largest absolute Gasteiger partial charge is 0.481 e. The standard InChI is InChI=1S/C37H51N7O9/c1-5-7-11-27(40-30(46)17-23-13-15-24(16-14-23)39-37(53)42-26-12-9-8-10-22(26)4)34(50)41-28(19-31(47)48)35(51)43-32(21(3)6-2)36(52)44-20-25(45)18-29(44)33(38)49/h8-10,12-16,21,25,27-29,32,45H,5-7,11,17-20H2,1-4H3,(H2,38,49)(H,40,46)(H,41,50)(H,43,51)(H,47,48)(H2,39,42,53)/t21?,25?,27-,28-,29-,32-/m0/s1. The highest BCUT2D eigenvalue weighted by atomic mass is 16.4. The molecule has 7 amide bonds. The van der Waals surface area contributed by atoms with Crippen LogP contribution in [0.25, 0.3) is 0 Å². The zero-order valence-corrected chi connectivity index (χ0v) is 30.5. The molecule has 0 spiro atoms. The van der Waals surface area contributed by atoms with Crippen molar-refractivity contribution in [1.82, 2.24) is 20.9 Å². The van der Waals surface area contributed by atoms with Gasteiger partial charge in [0.2, 0.25) is 29.5 Å². The summed E-state index contributed by atoms with van der Waals surface area (Å²) in [5.41, 5.74) is 8.11. The summed E-state index contributed by atoms with van der Waals surface area (Å²) < 4.78 is 0. The van der Waals surface area contributed by atoms with E-state index in [1.54, 1.807) is 44.2 Å². The maximum absolute atomic E-state index is 13.6. The first kappa shape index (κ1) is 41.9. The van der Waals surface area contributed by atoms with Crippen LogP contribution in [0.1, 0.15) is 70.4 Å². The summed E-state index contributed by atoms with van der Waals surface area (Å²) in [5, 5.41) is 32.9. The Morgan fingerprint density at radius 2 is 1.57 bits per heavy atom. The predicted octanol–water partition coefficient (Wildman–Crippen LogP) is 1.79. The molecule has 2 aromatic rings. The Labute approximate surface area is 308 Å². The highest BCUT2D eigenvalue weighted by molar-refractivity contribution is 6.00. The first-order valence-electron chi connectivity index (χ1n) is 17.8. The number of aliphatic hydroxyl groups excluding tert-OH is 1. The molecule has 1 aliphatic rings. The molecule has 3 rings (SSSR count). The van der Waals surface area contributed by atoms with Crippen molar-refractivity contribution < 1.29 is 43.8 Å². The molecule has 0 bridgehead atoms. The van der Waals surface area contributed by atoms with Gasteiger partial charge < -0.3 is 47.4 Å². The summed E-state index contributed by atoms with van der Waals surface area (Å²) >= 11 is 0. The van der Waals surface area contributed by atoms with E-state index < -0.39 is 84.1 Å². The number of carbonyl (C=O) groups is 7. The Morgan fingerprint density at radius 1 is 0.906 bits per heavy atom. The van der Waals surface area contributed by atoms with Gasteiger partial charge in [-0.25, -0.2) is 4.79 Å². The van der Waals surface area contributed by atoms with Gasteiger partial charge in [0, 0.05) is 24.3 Å². The summed E-state index contributed by atoms with van der Waals surface area (Å²) in [7, 11) is 0. The van der Waals surface area contributed by atoms with E-state index in [0.717, 1.165) is 10.5 Å². The second kappa shape index (κ2) is 19.9. The molecule has 1 heterocycles. The van der Waals surface area contributed by atoms with Gasteiger partial charge in [0.25, 0.3) is 0 Å². The Kier molecular flexibility index (Phi) is 15.8. The van der Waals surface area contributed by atoms with Gasteiger partial charge >= 0.3 is 12.0 Å². The zero-order valence-electron chi connectivity index (χ0n) is 30.5. The van der Waals surface area contributed by atoms with Crippen molar-refractivity contribution in [2.45, 2.75) is 103 Å². The number of nitrogens with zero attached hydrogens (tertiary/aromatic N) is 1. The third-order valence-corrected chi connectivity index (χ3v) is 9.15. The molecule has 0 saturated carbocycles. The molecule has 288 valence electrons.